The third-order valence-electron chi connectivity index (χ3n) is 3.16. The third kappa shape index (κ3) is 4.23. The molecule has 0 saturated heterocycles. The third-order valence-corrected chi connectivity index (χ3v) is 3.58. The number of anilines is 1. The molecule has 1 amide bonds. The number of benzene rings is 2. The van der Waals surface area contributed by atoms with Crippen molar-refractivity contribution in [3.05, 3.63) is 82.7 Å². The van der Waals surface area contributed by atoms with Crippen LogP contribution in [-0.4, -0.2) is 5.91 Å². The predicted octanol–water partition coefficient (Wildman–Crippen LogP) is 4.87. The fourth-order valence-electron chi connectivity index (χ4n) is 2.00. The molecule has 0 saturated carbocycles. The quantitative estimate of drug-likeness (QED) is 0.695. The highest BCUT2D eigenvalue weighted by atomic mass is 79.9. The Morgan fingerprint density at radius 2 is 1.74 bits per heavy atom. The van der Waals surface area contributed by atoms with Gasteiger partial charge in [0.05, 0.1) is 0 Å². The Bertz CT molecular complexity index is 782. The second kappa shape index (κ2) is 7.15. The van der Waals surface area contributed by atoms with Crippen LogP contribution in [0.3, 0.4) is 0 Å². The Kier molecular flexibility index (Phi) is 4.78. The lowest BCUT2D eigenvalue weighted by atomic mass is 10.2. The summed E-state index contributed by atoms with van der Waals surface area (Å²) in [6.07, 6.45) is 0. The minimum absolute atomic E-state index is 0.251. The molecule has 1 aromatic heterocycles. The van der Waals surface area contributed by atoms with Crippen molar-refractivity contribution in [3.63, 3.8) is 0 Å². The van der Waals surface area contributed by atoms with Crippen LogP contribution in [0.5, 0.6) is 5.75 Å². The summed E-state index contributed by atoms with van der Waals surface area (Å²) in [7, 11) is 0. The van der Waals surface area contributed by atoms with E-state index in [4.69, 9.17) is 9.15 Å². The lowest BCUT2D eigenvalue weighted by Gasteiger charge is -2.08. The summed E-state index contributed by atoms with van der Waals surface area (Å²) >= 11 is 3.17. The van der Waals surface area contributed by atoms with Crippen LogP contribution in [0.4, 0.5) is 5.69 Å². The number of hydrogen-bond acceptors (Lipinski definition) is 3. The Morgan fingerprint density at radius 1 is 1.00 bits per heavy atom. The van der Waals surface area contributed by atoms with E-state index >= 15 is 0 Å². The molecule has 1 N–H and O–H groups in total. The van der Waals surface area contributed by atoms with Crippen LogP contribution in [0.2, 0.25) is 0 Å². The number of nitrogens with one attached hydrogen (secondary N) is 1. The van der Waals surface area contributed by atoms with E-state index in [2.05, 4.69) is 21.2 Å². The molecule has 23 heavy (non-hydrogen) atoms. The average Bonchev–Trinajstić information content (AvgIpc) is 3.02. The smallest absolute Gasteiger partial charge is 0.291 e. The van der Waals surface area contributed by atoms with Gasteiger partial charge in [-0.3, -0.25) is 4.79 Å². The molecule has 116 valence electrons. The van der Waals surface area contributed by atoms with Crippen molar-refractivity contribution in [2.24, 2.45) is 0 Å². The summed E-state index contributed by atoms with van der Waals surface area (Å²) in [5.74, 6) is 0.697. The summed E-state index contributed by atoms with van der Waals surface area (Å²) in [4.78, 5) is 12.0. The lowest BCUT2D eigenvalue weighted by molar-refractivity contribution is 0.0995. The van der Waals surface area contributed by atoms with E-state index in [-0.39, 0.29) is 11.7 Å². The van der Waals surface area contributed by atoms with Crippen LogP contribution in [0, 0.1) is 0 Å². The van der Waals surface area contributed by atoms with Gasteiger partial charge in [-0.1, -0.05) is 30.3 Å². The highest BCUT2D eigenvalue weighted by Crippen LogP contribution is 2.19. The van der Waals surface area contributed by atoms with Crippen LogP contribution in [-0.2, 0) is 6.61 Å². The molecule has 0 aliphatic rings. The van der Waals surface area contributed by atoms with E-state index in [0.717, 1.165) is 11.3 Å². The number of carbonyl (C=O) groups is 1. The van der Waals surface area contributed by atoms with Gasteiger partial charge in [-0.25, -0.2) is 0 Å². The summed E-state index contributed by atoms with van der Waals surface area (Å²) in [5, 5.41) is 2.76. The first-order valence-corrected chi connectivity index (χ1v) is 7.83. The molecule has 4 nitrogen and oxygen atoms in total. The van der Waals surface area contributed by atoms with Crippen LogP contribution < -0.4 is 10.1 Å². The standard InChI is InChI=1S/C18H14BrNO3/c19-17-11-10-16(23-17)18(21)20-14-6-8-15(9-7-14)22-12-13-4-2-1-3-5-13/h1-11H,12H2,(H,20,21). The van der Waals surface area contributed by atoms with E-state index in [1.165, 1.54) is 0 Å². The molecule has 0 radical (unpaired) electrons. The zero-order chi connectivity index (χ0) is 16.1. The van der Waals surface area contributed by atoms with Crippen LogP contribution >= 0.6 is 15.9 Å². The molecule has 0 aliphatic heterocycles. The SMILES string of the molecule is O=C(Nc1ccc(OCc2ccccc2)cc1)c1ccc(Br)o1. The van der Waals surface area contributed by atoms with E-state index in [9.17, 15) is 4.79 Å². The van der Waals surface area contributed by atoms with Crippen LogP contribution in [0.25, 0.3) is 0 Å². The number of amides is 1. The first-order valence-electron chi connectivity index (χ1n) is 7.04. The summed E-state index contributed by atoms with van der Waals surface area (Å²) in [6, 6.07) is 20.4. The summed E-state index contributed by atoms with van der Waals surface area (Å²) in [6.45, 7) is 0.507. The predicted molar refractivity (Wildman–Crippen MR) is 91.6 cm³/mol. The molecule has 0 aliphatic carbocycles. The lowest BCUT2D eigenvalue weighted by Crippen LogP contribution is -2.10. The van der Waals surface area contributed by atoms with Crippen molar-refractivity contribution in [3.8, 4) is 5.75 Å². The summed E-state index contributed by atoms with van der Waals surface area (Å²) in [5.41, 5.74) is 1.78. The van der Waals surface area contributed by atoms with Gasteiger partial charge < -0.3 is 14.5 Å². The van der Waals surface area contributed by atoms with E-state index < -0.39 is 0 Å². The molecule has 3 rings (SSSR count). The van der Waals surface area contributed by atoms with Crippen molar-refractivity contribution in [1.29, 1.82) is 0 Å². The van der Waals surface area contributed by atoms with Gasteiger partial charge in [0.15, 0.2) is 10.4 Å². The van der Waals surface area contributed by atoms with Gasteiger partial charge in [-0.15, -0.1) is 0 Å². The van der Waals surface area contributed by atoms with Crippen molar-refractivity contribution < 1.29 is 13.9 Å². The Labute approximate surface area is 142 Å². The molecular weight excluding hydrogens is 358 g/mol. The molecular formula is C18H14BrNO3. The molecule has 0 fully saturated rings. The normalized spacial score (nSPS) is 10.3. The maximum atomic E-state index is 12.0. The molecule has 3 aromatic rings. The van der Waals surface area contributed by atoms with E-state index in [1.807, 2.05) is 42.5 Å². The van der Waals surface area contributed by atoms with Crippen LogP contribution in [0.1, 0.15) is 16.1 Å². The number of ether oxygens (including phenoxy) is 1. The molecule has 0 bridgehead atoms. The highest BCUT2D eigenvalue weighted by molar-refractivity contribution is 9.10. The van der Waals surface area contributed by atoms with Crippen molar-refractivity contribution >= 4 is 27.5 Å². The summed E-state index contributed by atoms with van der Waals surface area (Å²) < 4.78 is 11.4. The Balaban J connectivity index is 1.57. The van der Waals surface area contributed by atoms with Gasteiger partial charge in [-0.05, 0) is 57.9 Å². The second-order valence-corrected chi connectivity index (χ2v) is 5.64. The molecule has 2 aromatic carbocycles. The van der Waals surface area contributed by atoms with Gasteiger partial charge in [0.2, 0.25) is 0 Å². The number of hydrogen-bond donors (Lipinski definition) is 1. The molecule has 0 atom stereocenters. The second-order valence-electron chi connectivity index (χ2n) is 4.86. The van der Waals surface area contributed by atoms with Gasteiger partial charge >= 0.3 is 0 Å². The number of carbonyl (C=O) groups excluding carboxylic acids is 1. The first-order chi connectivity index (χ1) is 11.2. The minimum Gasteiger partial charge on any atom is -0.489 e. The zero-order valence-corrected chi connectivity index (χ0v) is 13.7. The van der Waals surface area contributed by atoms with Gasteiger partial charge in [0, 0.05) is 5.69 Å². The van der Waals surface area contributed by atoms with Crippen molar-refractivity contribution in [1.82, 2.24) is 0 Å². The van der Waals surface area contributed by atoms with Crippen molar-refractivity contribution in [2.45, 2.75) is 6.61 Å². The van der Waals surface area contributed by atoms with Crippen LogP contribution in [0.15, 0.2) is 75.8 Å². The van der Waals surface area contributed by atoms with Gasteiger partial charge in [0.1, 0.15) is 12.4 Å². The van der Waals surface area contributed by atoms with Gasteiger partial charge in [0.25, 0.3) is 5.91 Å². The van der Waals surface area contributed by atoms with E-state index in [1.54, 1.807) is 24.3 Å². The molecule has 1 heterocycles. The van der Waals surface area contributed by atoms with Crippen molar-refractivity contribution in [2.75, 3.05) is 5.32 Å². The largest absolute Gasteiger partial charge is 0.489 e. The molecule has 5 heteroatoms. The zero-order valence-electron chi connectivity index (χ0n) is 12.2. The maximum absolute atomic E-state index is 12.0. The monoisotopic (exact) mass is 371 g/mol. The molecule has 0 spiro atoms. The number of furan rings is 1. The fraction of sp³-hybridized carbons (Fsp3) is 0.0556. The fourth-order valence-corrected chi connectivity index (χ4v) is 2.31. The highest BCUT2D eigenvalue weighted by Gasteiger charge is 2.10. The average molecular weight is 372 g/mol. The minimum atomic E-state index is -0.298. The Morgan fingerprint density at radius 3 is 2.39 bits per heavy atom. The Hall–Kier alpha value is -2.53. The number of halogens is 1. The first kappa shape index (κ1) is 15.4. The van der Waals surface area contributed by atoms with Gasteiger partial charge in [-0.2, -0.15) is 0 Å². The maximum Gasteiger partial charge on any atom is 0.291 e. The number of rotatable bonds is 5. The molecule has 0 unspecified atom stereocenters. The topological polar surface area (TPSA) is 51.5 Å². The van der Waals surface area contributed by atoms with E-state index in [0.29, 0.717) is 17.0 Å².